The molecule has 0 aromatic heterocycles. The van der Waals surface area contributed by atoms with Gasteiger partial charge in [-0.2, -0.15) is 0 Å². The van der Waals surface area contributed by atoms with Crippen molar-refractivity contribution in [2.24, 2.45) is 0 Å². The maximum Gasteiger partial charge on any atom is 0.110 e. The number of benzene rings is 2. The second kappa shape index (κ2) is 8.66. The highest BCUT2D eigenvalue weighted by molar-refractivity contribution is 5.48. The number of hydrogen-bond donors (Lipinski definition) is 0. The molecule has 2 aromatic carbocycles. The molecule has 3 nitrogen and oxygen atoms in total. The molecule has 0 radical (unpaired) electrons. The first-order valence-corrected chi connectivity index (χ1v) is 10.5. The van der Waals surface area contributed by atoms with E-state index in [1.807, 2.05) is 12.2 Å². The van der Waals surface area contributed by atoms with E-state index in [1.54, 1.807) is 0 Å². The van der Waals surface area contributed by atoms with Crippen LogP contribution in [0.25, 0.3) is 12.2 Å². The van der Waals surface area contributed by atoms with Crippen LogP contribution in [0.1, 0.15) is 36.1 Å². The molecule has 2 saturated heterocycles. The normalized spacial score (nSPS) is 27.1. The van der Waals surface area contributed by atoms with Crippen molar-refractivity contribution in [3.8, 4) is 0 Å². The summed E-state index contributed by atoms with van der Waals surface area (Å²) in [5.41, 5.74) is 4.85. The summed E-state index contributed by atoms with van der Waals surface area (Å²) in [5, 5.41) is 0. The van der Waals surface area contributed by atoms with E-state index in [0.717, 1.165) is 24.0 Å². The van der Waals surface area contributed by atoms with E-state index in [1.165, 1.54) is 11.1 Å². The smallest absolute Gasteiger partial charge is 0.110 e. The molecule has 0 aliphatic carbocycles. The minimum atomic E-state index is 0.0616. The van der Waals surface area contributed by atoms with Gasteiger partial charge in [-0.15, -0.1) is 0 Å². The summed E-state index contributed by atoms with van der Waals surface area (Å²) in [4.78, 5) is 0. The predicted octanol–water partition coefficient (Wildman–Crippen LogP) is 5.09. The fourth-order valence-corrected chi connectivity index (χ4v) is 4.12. The van der Waals surface area contributed by atoms with Crippen LogP contribution in [0.5, 0.6) is 0 Å². The lowest BCUT2D eigenvalue weighted by molar-refractivity contribution is -0.0188. The predicted molar refractivity (Wildman–Crippen MR) is 118 cm³/mol. The molecule has 0 saturated carbocycles. The van der Waals surface area contributed by atoms with Crippen molar-refractivity contribution in [3.63, 3.8) is 0 Å². The van der Waals surface area contributed by atoms with E-state index >= 15 is 0 Å². The Kier molecular flexibility index (Phi) is 6.00. The third kappa shape index (κ3) is 5.05. The molecule has 2 aliphatic heterocycles. The number of hydrogen-bond acceptors (Lipinski definition) is 3. The van der Waals surface area contributed by atoms with Crippen LogP contribution in [0.2, 0.25) is 0 Å². The maximum absolute atomic E-state index is 6.24. The average Bonchev–Trinajstić information content (AvgIpc) is 3.65. The van der Waals surface area contributed by atoms with E-state index in [9.17, 15) is 0 Å². The molecule has 0 N–H and O–H groups in total. The van der Waals surface area contributed by atoms with Crippen molar-refractivity contribution >= 4 is 12.2 Å². The van der Waals surface area contributed by atoms with E-state index in [0.29, 0.717) is 0 Å². The van der Waals surface area contributed by atoms with Gasteiger partial charge in [0.25, 0.3) is 0 Å². The minimum Gasteiger partial charge on any atom is -0.370 e. The molecule has 6 unspecified atom stereocenters. The fraction of sp³-hybridized carbons (Fsp3) is 0.385. The zero-order valence-corrected chi connectivity index (χ0v) is 17.3. The molecule has 4 rings (SSSR count). The first-order chi connectivity index (χ1) is 14.1. The van der Waals surface area contributed by atoms with Crippen LogP contribution in [0.15, 0.2) is 61.7 Å². The van der Waals surface area contributed by atoms with Gasteiger partial charge in [-0.25, -0.2) is 0 Å². The number of rotatable bonds is 10. The molecule has 2 aromatic rings. The Labute approximate surface area is 174 Å². The molecule has 0 bridgehead atoms. The lowest BCUT2D eigenvalue weighted by Crippen LogP contribution is -2.28. The largest absolute Gasteiger partial charge is 0.370 e. The zero-order valence-electron chi connectivity index (χ0n) is 17.3. The second-order valence-corrected chi connectivity index (χ2v) is 8.13. The van der Waals surface area contributed by atoms with Gasteiger partial charge in [0, 0.05) is 12.8 Å². The first-order valence-electron chi connectivity index (χ1n) is 10.5. The molecule has 0 amide bonds. The Morgan fingerprint density at radius 1 is 0.828 bits per heavy atom. The van der Waals surface area contributed by atoms with Gasteiger partial charge in [0.2, 0.25) is 0 Å². The summed E-state index contributed by atoms with van der Waals surface area (Å²) < 4.78 is 18.0. The Morgan fingerprint density at radius 2 is 1.28 bits per heavy atom. The number of ether oxygens (including phenoxy) is 3. The van der Waals surface area contributed by atoms with Crippen LogP contribution in [-0.4, -0.2) is 36.6 Å². The maximum atomic E-state index is 6.24. The van der Waals surface area contributed by atoms with Gasteiger partial charge < -0.3 is 14.2 Å². The van der Waals surface area contributed by atoms with Crippen LogP contribution in [0.3, 0.4) is 0 Å². The van der Waals surface area contributed by atoms with Gasteiger partial charge in [0.05, 0.1) is 24.4 Å². The van der Waals surface area contributed by atoms with Crippen molar-refractivity contribution < 1.29 is 14.2 Å². The quantitative estimate of drug-likeness (QED) is 0.530. The molecular formula is C26H30O3. The van der Waals surface area contributed by atoms with E-state index in [4.69, 9.17) is 14.2 Å². The second-order valence-electron chi connectivity index (χ2n) is 8.13. The SMILES string of the molecule is C=Cc1cccc(CC2OC2C(C)OC(C)C2OC2Cc2cccc(C=C)c2)c1. The summed E-state index contributed by atoms with van der Waals surface area (Å²) in [6.45, 7) is 11.9. The summed E-state index contributed by atoms with van der Waals surface area (Å²) in [5.74, 6) is 0. The zero-order chi connectivity index (χ0) is 20.4. The van der Waals surface area contributed by atoms with Crippen molar-refractivity contribution in [1.29, 1.82) is 0 Å². The van der Waals surface area contributed by atoms with Crippen LogP contribution < -0.4 is 0 Å². The van der Waals surface area contributed by atoms with Crippen molar-refractivity contribution in [2.75, 3.05) is 0 Å². The molecule has 29 heavy (non-hydrogen) atoms. The summed E-state index contributed by atoms with van der Waals surface area (Å²) in [6.07, 6.45) is 6.48. The average molecular weight is 391 g/mol. The monoisotopic (exact) mass is 390 g/mol. The van der Waals surface area contributed by atoms with Crippen LogP contribution in [-0.2, 0) is 27.1 Å². The van der Waals surface area contributed by atoms with Gasteiger partial charge in [-0.05, 0) is 36.1 Å². The number of epoxide rings is 2. The third-order valence-corrected chi connectivity index (χ3v) is 5.85. The molecule has 2 fully saturated rings. The molecule has 2 heterocycles. The van der Waals surface area contributed by atoms with Crippen molar-refractivity contribution in [2.45, 2.75) is 63.3 Å². The molecule has 0 spiro atoms. The van der Waals surface area contributed by atoms with Crippen LogP contribution >= 0.6 is 0 Å². The molecule has 3 heteroatoms. The summed E-state index contributed by atoms with van der Waals surface area (Å²) in [6, 6.07) is 16.9. The highest BCUT2D eigenvalue weighted by Gasteiger charge is 2.48. The Balaban J connectivity index is 1.23. The molecular weight excluding hydrogens is 360 g/mol. The summed E-state index contributed by atoms with van der Waals surface area (Å²) >= 11 is 0. The van der Waals surface area contributed by atoms with Gasteiger partial charge in [-0.3, -0.25) is 0 Å². The van der Waals surface area contributed by atoms with Crippen molar-refractivity contribution in [1.82, 2.24) is 0 Å². The van der Waals surface area contributed by atoms with E-state index in [-0.39, 0.29) is 36.6 Å². The topological polar surface area (TPSA) is 34.3 Å². The fourth-order valence-electron chi connectivity index (χ4n) is 4.12. The van der Waals surface area contributed by atoms with Crippen molar-refractivity contribution in [3.05, 3.63) is 83.9 Å². The van der Waals surface area contributed by atoms with Gasteiger partial charge in [0.1, 0.15) is 12.2 Å². The lowest BCUT2D eigenvalue weighted by atomic mass is 10.0. The highest BCUT2D eigenvalue weighted by atomic mass is 16.6. The Morgan fingerprint density at radius 3 is 1.69 bits per heavy atom. The summed E-state index contributed by atoms with van der Waals surface area (Å²) in [7, 11) is 0. The highest BCUT2D eigenvalue weighted by Crippen LogP contribution is 2.35. The van der Waals surface area contributed by atoms with Gasteiger partial charge >= 0.3 is 0 Å². The van der Waals surface area contributed by atoms with E-state index < -0.39 is 0 Å². The van der Waals surface area contributed by atoms with E-state index in [2.05, 4.69) is 75.5 Å². The first kappa shape index (κ1) is 20.1. The third-order valence-electron chi connectivity index (χ3n) is 5.85. The van der Waals surface area contributed by atoms with Gasteiger partial charge in [-0.1, -0.05) is 73.8 Å². The minimum absolute atomic E-state index is 0.0616. The van der Waals surface area contributed by atoms with Crippen LogP contribution in [0, 0.1) is 0 Å². The standard InChI is InChI=1S/C26H30O3/c1-5-19-9-7-11-21(13-19)15-23-25(28-23)17(3)27-18(4)26-24(29-26)16-22-12-8-10-20(6-2)14-22/h5-14,17-18,23-26H,1-2,15-16H2,3-4H3. The Bertz CT molecular complexity index is 802. The lowest BCUT2D eigenvalue weighted by Gasteiger charge is -2.16. The van der Waals surface area contributed by atoms with Gasteiger partial charge in [0.15, 0.2) is 0 Å². The Hall–Kier alpha value is -2.20. The van der Waals surface area contributed by atoms with Crippen LogP contribution in [0.4, 0.5) is 0 Å². The molecule has 2 aliphatic rings. The molecule has 152 valence electrons. The molecule has 6 atom stereocenters.